The maximum Gasteiger partial charge on any atom is 0.234 e. The highest BCUT2D eigenvalue weighted by Crippen LogP contribution is 2.27. The second-order valence-electron chi connectivity index (χ2n) is 7.50. The summed E-state index contributed by atoms with van der Waals surface area (Å²) in [5, 5.41) is 12.5. The summed E-state index contributed by atoms with van der Waals surface area (Å²) in [5.74, 6) is 2.39. The van der Waals surface area contributed by atoms with Crippen molar-refractivity contribution in [2.24, 2.45) is 0 Å². The molecular formula is C25H26N4O3S. The molecule has 4 rings (SSSR count). The highest BCUT2D eigenvalue weighted by atomic mass is 32.2. The van der Waals surface area contributed by atoms with Gasteiger partial charge in [0.2, 0.25) is 5.91 Å². The van der Waals surface area contributed by atoms with Crippen LogP contribution in [0.25, 0.3) is 11.4 Å². The van der Waals surface area contributed by atoms with Gasteiger partial charge in [0.1, 0.15) is 11.5 Å². The Morgan fingerprint density at radius 2 is 1.94 bits per heavy atom. The van der Waals surface area contributed by atoms with Crippen molar-refractivity contribution < 1.29 is 13.9 Å². The number of aryl methyl sites for hydroxylation is 2. The number of para-hydroxylation sites is 1. The van der Waals surface area contributed by atoms with E-state index >= 15 is 0 Å². The molecule has 1 N–H and O–H groups in total. The fraction of sp³-hybridized carbons (Fsp3) is 0.240. The van der Waals surface area contributed by atoms with Gasteiger partial charge in [-0.25, -0.2) is 0 Å². The number of carbonyl (C=O) groups excluding carboxylic acids is 1. The largest absolute Gasteiger partial charge is 0.497 e. The van der Waals surface area contributed by atoms with Gasteiger partial charge in [0, 0.05) is 11.3 Å². The van der Waals surface area contributed by atoms with Crippen LogP contribution in [0.4, 0.5) is 5.69 Å². The molecule has 0 unspecified atom stereocenters. The van der Waals surface area contributed by atoms with Gasteiger partial charge in [-0.05, 0) is 60.9 Å². The Kier molecular flexibility index (Phi) is 7.14. The SMILES string of the molecule is CCc1cccc(C)c1NC(=O)CSc1nnc(-c2ccc(OC)cc2)n1Cc1ccco1. The Hall–Kier alpha value is -3.52. The number of aromatic nitrogens is 3. The first-order chi connectivity index (χ1) is 16.1. The van der Waals surface area contributed by atoms with Crippen LogP contribution in [0.3, 0.4) is 0 Å². The Morgan fingerprint density at radius 1 is 1.12 bits per heavy atom. The van der Waals surface area contributed by atoms with E-state index in [0.717, 1.165) is 40.3 Å². The second-order valence-corrected chi connectivity index (χ2v) is 8.44. The minimum atomic E-state index is -0.0810. The number of benzene rings is 2. The summed E-state index contributed by atoms with van der Waals surface area (Å²) in [5.41, 5.74) is 3.96. The van der Waals surface area contributed by atoms with Crippen molar-refractivity contribution in [3.8, 4) is 17.1 Å². The number of anilines is 1. The summed E-state index contributed by atoms with van der Waals surface area (Å²) >= 11 is 1.35. The summed E-state index contributed by atoms with van der Waals surface area (Å²) < 4.78 is 12.8. The van der Waals surface area contributed by atoms with Crippen LogP contribution in [0.5, 0.6) is 5.75 Å². The molecule has 0 saturated carbocycles. The standard InChI is InChI=1S/C25H26N4O3S/c1-4-18-8-5-7-17(2)23(18)26-22(30)16-33-25-28-27-24(19-10-12-20(31-3)13-11-19)29(25)15-21-9-6-14-32-21/h5-14H,4,15-16H2,1-3H3,(H,26,30). The third-order valence-corrected chi connectivity index (χ3v) is 6.26. The summed E-state index contributed by atoms with van der Waals surface area (Å²) in [4.78, 5) is 12.8. The molecular weight excluding hydrogens is 436 g/mol. The zero-order chi connectivity index (χ0) is 23.2. The number of nitrogens with one attached hydrogen (secondary N) is 1. The lowest BCUT2D eigenvalue weighted by Gasteiger charge is -2.13. The number of methoxy groups -OCH3 is 1. The first-order valence-electron chi connectivity index (χ1n) is 10.7. The molecule has 0 aliphatic heterocycles. The number of amides is 1. The quantitative estimate of drug-likeness (QED) is 0.345. The minimum Gasteiger partial charge on any atom is -0.497 e. The Morgan fingerprint density at radius 3 is 2.64 bits per heavy atom. The van der Waals surface area contributed by atoms with Gasteiger partial charge < -0.3 is 14.5 Å². The van der Waals surface area contributed by atoms with Crippen LogP contribution < -0.4 is 10.1 Å². The maximum absolute atomic E-state index is 12.8. The molecule has 2 aromatic carbocycles. The van der Waals surface area contributed by atoms with Gasteiger partial charge in [-0.15, -0.1) is 10.2 Å². The molecule has 7 nitrogen and oxygen atoms in total. The van der Waals surface area contributed by atoms with Gasteiger partial charge in [0.25, 0.3) is 0 Å². The molecule has 2 aromatic heterocycles. The number of hydrogen-bond donors (Lipinski definition) is 1. The van der Waals surface area contributed by atoms with E-state index in [4.69, 9.17) is 9.15 Å². The third kappa shape index (κ3) is 5.28. The topological polar surface area (TPSA) is 82.2 Å². The fourth-order valence-electron chi connectivity index (χ4n) is 3.56. The van der Waals surface area contributed by atoms with Crippen molar-refractivity contribution in [3.63, 3.8) is 0 Å². The molecule has 0 spiro atoms. The zero-order valence-electron chi connectivity index (χ0n) is 18.9. The van der Waals surface area contributed by atoms with Crippen LogP contribution in [0, 0.1) is 6.92 Å². The van der Waals surface area contributed by atoms with Crippen LogP contribution in [0.15, 0.2) is 70.4 Å². The number of rotatable bonds is 9. The Bertz CT molecular complexity index is 1220. The van der Waals surface area contributed by atoms with E-state index < -0.39 is 0 Å². The van der Waals surface area contributed by atoms with Gasteiger partial charge in [-0.2, -0.15) is 0 Å². The molecule has 8 heteroatoms. The normalized spacial score (nSPS) is 10.9. The lowest BCUT2D eigenvalue weighted by molar-refractivity contribution is -0.113. The number of ether oxygens (including phenoxy) is 1. The van der Waals surface area contributed by atoms with Crippen molar-refractivity contribution >= 4 is 23.4 Å². The van der Waals surface area contributed by atoms with Gasteiger partial charge >= 0.3 is 0 Å². The summed E-state index contributed by atoms with van der Waals surface area (Å²) in [6, 6.07) is 17.4. The highest BCUT2D eigenvalue weighted by Gasteiger charge is 2.18. The van der Waals surface area contributed by atoms with E-state index in [0.29, 0.717) is 17.5 Å². The van der Waals surface area contributed by atoms with Crippen LogP contribution in [0.2, 0.25) is 0 Å². The van der Waals surface area contributed by atoms with Crippen molar-refractivity contribution in [1.82, 2.24) is 14.8 Å². The van der Waals surface area contributed by atoms with Crippen LogP contribution in [0.1, 0.15) is 23.8 Å². The molecule has 33 heavy (non-hydrogen) atoms. The highest BCUT2D eigenvalue weighted by molar-refractivity contribution is 7.99. The van der Waals surface area contributed by atoms with E-state index in [2.05, 4.69) is 22.4 Å². The lowest BCUT2D eigenvalue weighted by Crippen LogP contribution is -2.16. The average Bonchev–Trinajstić information content (AvgIpc) is 3.49. The first-order valence-corrected chi connectivity index (χ1v) is 11.7. The summed E-state index contributed by atoms with van der Waals surface area (Å²) in [6.07, 6.45) is 2.49. The Balaban J connectivity index is 1.54. The lowest BCUT2D eigenvalue weighted by atomic mass is 10.1. The molecule has 0 fully saturated rings. The van der Waals surface area contributed by atoms with E-state index in [9.17, 15) is 4.79 Å². The number of furan rings is 1. The first kappa shape index (κ1) is 22.7. The van der Waals surface area contributed by atoms with Gasteiger partial charge in [-0.1, -0.05) is 36.9 Å². The van der Waals surface area contributed by atoms with E-state index in [1.807, 2.05) is 66.1 Å². The minimum absolute atomic E-state index is 0.0810. The molecule has 170 valence electrons. The summed E-state index contributed by atoms with van der Waals surface area (Å²) in [7, 11) is 1.63. The monoisotopic (exact) mass is 462 g/mol. The molecule has 0 atom stereocenters. The molecule has 0 radical (unpaired) electrons. The van der Waals surface area contributed by atoms with E-state index in [-0.39, 0.29) is 11.7 Å². The van der Waals surface area contributed by atoms with E-state index in [1.165, 1.54) is 11.8 Å². The number of carbonyl (C=O) groups is 1. The van der Waals surface area contributed by atoms with Gasteiger partial charge in [0.15, 0.2) is 11.0 Å². The maximum atomic E-state index is 12.8. The fourth-order valence-corrected chi connectivity index (χ4v) is 4.30. The predicted molar refractivity (Wildman–Crippen MR) is 130 cm³/mol. The van der Waals surface area contributed by atoms with Crippen LogP contribution >= 0.6 is 11.8 Å². The number of hydrogen-bond acceptors (Lipinski definition) is 6. The second kappa shape index (κ2) is 10.4. The van der Waals surface area contributed by atoms with Crippen molar-refractivity contribution in [3.05, 3.63) is 77.7 Å². The molecule has 0 aliphatic carbocycles. The molecule has 4 aromatic rings. The van der Waals surface area contributed by atoms with Gasteiger partial charge in [-0.3, -0.25) is 9.36 Å². The van der Waals surface area contributed by atoms with Crippen LogP contribution in [-0.4, -0.2) is 33.5 Å². The third-order valence-electron chi connectivity index (χ3n) is 5.30. The molecule has 2 heterocycles. The molecule has 1 amide bonds. The zero-order valence-corrected chi connectivity index (χ0v) is 19.7. The number of thioether (sulfide) groups is 1. The molecule has 0 aliphatic rings. The smallest absolute Gasteiger partial charge is 0.234 e. The van der Waals surface area contributed by atoms with E-state index in [1.54, 1.807) is 13.4 Å². The van der Waals surface area contributed by atoms with Crippen molar-refractivity contribution in [2.75, 3.05) is 18.2 Å². The van der Waals surface area contributed by atoms with Crippen molar-refractivity contribution in [2.45, 2.75) is 32.0 Å². The van der Waals surface area contributed by atoms with Crippen LogP contribution in [-0.2, 0) is 17.8 Å². The average molecular weight is 463 g/mol. The molecule has 0 bridgehead atoms. The summed E-state index contributed by atoms with van der Waals surface area (Å²) in [6.45, 7) is 4.54. The number of nitrogens with zero attached hydrogens (tertiary/aromatic N) is 3. The van der Waals surface area contributed by atoms with Crippen molar-refractivity contribution in [1.29, 1.82) is 0 Å². The predicted octanol–water partition coefficient (Wildman–Crippen LogP) is 5.20. The Labute approximate surface area is 197 Å². The molecule has 0 saturated heterocycles. The van der Waals surface area contributed by atoms with Gasteiger partial charge in [0.05, 0.1) is 25.7 Å².